The van der Waals surface area contributed by atoms with Crippen LogP contribution < -0.4 is 5.73 Å². The molecule has 21 heavy (non-hydrogen) atoms. The van der Waals surface area contributed by atoms with Crippen molar-refractivity contribution in [3.05, 3.63) is 59.1 Å². The van der Waals surface area contributed by atoms with Crippen molar-refractivity contribution in [3.8, 4) is 28.5 Å². The zero-order valence-corrected chi connectivity index (χ0v) is 11.7. The Labute approximate surface area is 126 Å². The van der Waals surface area contributed by atoms with Crippen molar-refractivity contribution in [2.45, 2.75) is 0 Å². The van der Waals surface area contributed by atoms with Crippen LogP contribution in [0.5, 0.6) is 0 Å². The van der Waals surface area contributed by atoms with Gasteiger partial charge in [0.25, 0.3) is 0 Å². The number of anilines is 1. The first-order valence-electron chi connectivity index (χ1n) is 6.29. The van der Waals surface area contributed by atoms with Gasteiger partial charge >= 0.3 is 0 Å². The maximum absolute atomic E-state index is 8.86. The first-order chi connectivity index (χ1) is 10.2. The molecule has 0 aliphatic carbocycles. The molecule has 0 spiro atoms. The third kappa shape index (κ3) is 2.47. The smallest absolute Gasteiger partial charge is 0.153 e. The minimum atomic E-state index is 0.427. The van der Waals surface area contributed by atoms with Gasteiger partial charge < -0.3 is 5.73 Å². The number of hydrogen-bond acceptors (Lipinski definition) is 3. The van der Waals surface area contributed by atoms with Gasteiger partial charge in [0.1, 0.15) is 0 Å². The van der Waals surface area contributed by atoms with Crippen molar-refractivity contribution >= 4 is 17.4 Å². The predicted molar refractivity (Wildman–Crippen MR) is 83.6 cm³/mol. The molecule has 0 amide bonds. The molecule has 0 aliphatic heterocycles. The number of benzene rings is 2. The summed E-state index contributed by atoms with van der Waals surface area (Å²) in [7, 11) is 0. The normalized spacial score (nSPS) is 10.3. The Morgan fingerprint density at radius 1 is 1.00 bits per heavy atom. The summed E-state index contributed by atoms with van der Waals surface area (Å²) in [6, 6.07) is 16.8. The molecule has 0 fully saturated rings. The van der Waals surface area contributed by atoms with Gasteiger partial charge in [-0.25, -0.2) is 0 Å². The van der Waals surface area contributed by atoms with E-state index in [1.54, 1.807) is 12.1 Å². The average Bonchev–Trinajstić information content (AvgIpc) is 2.90. The van der Waals surface area contributed by atoms with Gasteiger partial charge in [0.2, 0.25) is 0 Å². The average molecular weight is 295 g/mol. The van der Waals surface area contributed by atoms with Crippen LogP contribution in [0.25, 0.3) is 22.4 Å². The molecule has 1 heterocycles. The number of nitrogen functional groups attached to an aromatic ring is 1. The molecular weight excluding hydrogens is 284 g/mol. The van der Waals surface area contributed by atoms with E-state index in [1.807, 2.05) is 36.4 Å². The van der Waals surface area contributed by atoms with Crippen LogP contribution >= 0.6 is 11.6 Å². The molecule has 3 rings (SSSR count). The lowest BCUT2D eigenvalue weighted by atomic mass is 10.0. The number of aromatic nitrogens is 2. The molecule has 102 valence electrons. The monoisotopic (exact) mass is 294 g/mol. The molecular formula is C16H11ClN4. The Balaban J connectivity index is 2.12. The Morgan fingerprint density at radius 2 is 1.62 bits per heavy atom. The molecule has 0 radical (unpaired) electrons. The molecule has 0 saturated carbocycles. The van der Waals surface area contributed by atoms with E-state index in [1.165, 1.54) is 0 Å². The topological polar surface area (TPSA) is 78.5 Å². The summed E-state index contributed by atoms with van der Waals surface area (Å²) in [5.74, 6) is 0.427. The van der Waals surface area contributed by atoms with E-state index in [-0.39, 0.29) is 0 Å². The zero-order valence-electron chi connectivity index (χ0n) is 11.0. The van der Waals surface area contributed by atoms with Crippen LogP contribution in [0, 0.1) is 11.3 Å². The van der Waals surface area contributed by atoms with Crippen molar-refractivity contribution in [2.75, 3.05) is 5.73 Å². The summed E-state index contributed by atoms with van der Waals surface area (Å²) in [4.78, 5) is 0. The Bertz CT molecular complexity index is 811. The number of nitrogens with one attached hydrogen (secondary N) is 1. The number of H-pyrrole nitrogens is 1. The molecule has 5 heteroatoms. The van der Waals surface area contributed by atoms with Crippen LogP contribution in [0.15, 0.2) is 48.5 Å². The van der Waals surface area contributed by atoms with Gasteiger partial charge in [0, 0.05) is 10.6 Å². The lowest BCUT2D eigenvalue weighted by Crippen LogP contribution is -1.88. The van der Waals surface area contributed by atoms with E-state index in [0.29, 0.717) is 16.4 Å². The zero-order chi connectivity index (χ0) is 14.8. The molecule has 4 nitrogen and oxygen atoms in total. The maximum atomic E-state index is 8.86. The van der Waals surface area contributed by atoms with Crippen LogP contribution in [0.4, 0.5) is 5.82 Å². The second-order valence-corrected chi connectivity index (χ2v) is 4.99. The van der Waals surface area contributed by atoms with Crippen LogP contribution in [-0.4, -0.2) is 10.2 Å². The van der Waals surface area contributed by atoms with Crippen molar-refractivity contribution in [1.29, 1.82) is 5.26 Å². The molecule has 1 aromatic heterocycles. The van der Waals surface area contributed by atoms with Gasteiger partial charge in [-0.1, -0.05) is 35.9 Å². The highest BCUT2D eigenvalue weighted by atomic mass is 35.5. The highest BCUT2D eigenvalue weighted by molar-refractivity contribution is 6.30. The van der Waals surface area contributed by atoms with E-state index in [2.05, 4.69) is 16.3 Å². The number of halogens is 1. The summed E-state index contributed by atoms with van der Waals surface area (Å²) in [5, 5.41) is 16.6. The Hall–Kier alpha value is -2.77. The van der Waals surface area contributed by atoms with Gasteiger partial charge in [0.05, 0.1) is 22.9 Å². The number of aromatic amines is 1. The van der Waals surface area contributed by atoms with E-state index < -0.39 is 0 Å². The molecule has 0 saturated heterocycles. The SMILES string of the molecule is N#Cc1ccc(-c2[nH]nc(N)c2-c2ccc(Cl)cc2)cc1. The highest BCUT2D eigenvalue weighted by Crippen LogP contribution is 2.35. The van der Waals surface area contributed by atoms with E-state index in [0.717, 1.165) is 22.4 Å². The molecule has 0 unspecified atom stereocenters. The van der Waals surface area contributed by atoms with Gasteiger partial charge in [-0.05, 0) is 29.8 Å². The first-order valence-corrected chi connectivity index (χ1v) is 6.67. The third-order valence-corrected chi connectivity index (χ3v) is 3.48. The molecule has 3 aromatic rings. The number of hydrogen-bond donors (Lipinski definition) is 2. The van der Waals surface area contributed by atoms with E-state index in [9.17, 15) is 0 Å². The lowest BCUT2D eigenvalue weighted by molar-refractivity contribution is 1.10. The second-order valence-electron chi connectivity index (χ2n) is 4.55. The lowest BCUT2D eigenvalue weighted by Gasteiger charge is -2.05. The minimum Gasteiger partial charge on any atom is -0.382 e. The summed E-state index contributed by atoms with van der Waals surface area (Å²) in [5.41, 5.74) is 10.1. The number of nitrogens with two attached hydrogens (primary N) is 1. The standard InChI is InChI=1S/C16H11ClN4/c17-13-7-5-11(6-8-13)14-15(20-21-16(14)19)12-3-1-10(9-18)2-4-12/h1-8H,(H3,19,20,21). The Kier molecular flexibility index (Phi) is 3.35. The maximum Gasteiger partial charge on any atom is 0.153 e. The molecule has 2 aromatic carbocycles. The minimum absolute atomic E-state index is 0.427. The van der Waals surface area contributed by atoms with Gasteiger partial charge in [-0.15, -0.1) is 0 Å². The fourth-order valence-electron chi connectivity index (χ4n) is 2.19. The predicted octanol–water partition coefficient (Wildman–Crippen LogP) is 3.85. The van der Waals surface area contributed by atoms with Crippen molar-refractivity contribution < 1.29 is 0 Å². The van der Waals surface area contributed by atoms with Crippen LogP contribution in [-0.2, 0) is 0 Å². The van der Waals surface area contributed by atoms with Crippen molar-refractivity contribution in [1.82, 2.24) is 10.2 Å². The highest BCUT2D eigenvalue weighted by Gasteiger charge is 2.14. The van der Waals surface area contributed by atoms with E-state index >= 15 is 0 Å². The molecule has 0 bridgehead atoms. The van der Waals surface area contributed by atoms with E-state index in [4.69, 9.17) is 22.6 Å². The quantitative estimate of drug-likeness (QED) is 0.753. The molecule has 0 aliphatic rings. The van der Waals surface area contributed by atoms with Crippen LogP contribution in [0.1, 0.15) is 5.56 Å². The number of rotatable bonds is 2. The van der Waals surface area contributed by atoms with Gasteiger partial charge in [-0.2, -0.15) is 10.4 Å². The molecule has 0 atom stereocenters. The summed E-state index contributed by atoms with van der Waals surface area (Å²) in [6.07, 6.45) is 0. The first kappa shape index (κ1) is 13.2. The second kappa shape index (κ2) is 5.31. The number of nitrogens with zero attached hydrogens (tertiary/aromatic N) is 2. The van der Waals surface area contributed by atoms with Crippen molar-refractivity contribution in [3.63, 3.8) is 0 Å². The van der Waals surface area contributed by atoms with Gasteiger partial charge in [0.15, 0.2) is 5.82 Å². The van der Waals surface area contributed by atoms with Crippen LogP contribution in [0.3, 0.4) is 0 Å². The summed E-state index contributed by atoms with van der Waals surface area (Å²) in [6.45, 7) is 0. The van der Waals surface area contributed by atoms with Crippen molar-refractivity contribution in [2.24, 2.45) is 0 Å². The van der Waals surface area contributed by atoms with Gasteiger partial charge in [-0.3, -0.25) is 5.10 Å². The molecule has 3 N–H and O–H groups in total. The summed E-state index contributed by atoms with van der Waals surface area (Å²) < 4.78 is 0. The Morgan fingerprint density at radius 3 is 2.24 bits per heavy atom. The fraction of sp³-hybridized carbons (Fsp3) is 0. The fourth-order valence-corrected chi connectivity index (χ4v) is 2.31. The largest absolute Gasteiger partial charge is 0.382 e. The summed E-state index contributed by atoms with van der Waals surface area (Å²) >= 11 is 5.92. The third-order valence-electron chi connectivity index (χ3n) is 3.23. The van der Waals surface area contributed by atoms with Crippen LogP contribution in [0.2, 0.25) is 5.02 Å². The number of nitriles is 1.